The van der Waals surface area contributed by atoms with Gasteiger partial charge in [0.15, 0.2) is 0 Å². The molecule has 0 aromatic carbocycles. The third-order valence-corrected chi connectivity index (χ3v) is 17.8. The smallest absolute Gasteiger partial charge is 0.232 e. The number of piperidine rings is 2. The van der Waals surface area contributed by atoms with E-state index >= 15 is 0 Å². The summed E-state index contributed by atoms with van der Waals surface area (Å²) in [7, 11) is 1.61. The van der Waals surface area contributed by atoms with Gasteiger partial charge < -0.3 is 4.90 Å². The Morgan fingerprint density at radius 2 is 1.06 bits per heavy atom. The Kier molecular flexibility index (Phi) is 24.1. The van der Waals surface area contributed by atoms with E-state index in [9.17, 15) is 33.6 Å². The summed E-state index contributed by atoms with van der Waals surface area (Å²) in [6, 6.07) is -0.171. The Bertz CT molecular complexity index is 1750. The van der Waals surface area contributed by atoms with Crippen molar-refractivity contribution < 1.29 is 33.6 Å². The van der Waals surface area contributed by atoms with E-state index in [1.807, 2.05) is 11.8 Å². The zero-order valence-electron chi connectivity index (χ0n) is 45.2. The largest absolute Gasteiger partial charge is 0.316 e. The highest BCUT2D eigenvalue weighted by molar-refractivity contribution is 6.01. The second-order valence-electron chi connectivity index (χ2n) is 23.4. The molecule has 10 atom stereocenters. The first-order valence-electron chi connectivity index (χ1n) is 29.2. The molecule has 70 heavy (non-hydrogen) atoms. The summed E-state index contributed by atoms with van der Waals surface area (Å²) >= 11 is 0. The van der Waals surface area contributed by atoms with Gasteiger partial charge in [-0.15, -0.1) is 0 Å². The minimum absolute atomic E-state index is 0.00622. The average molecular weight is 975 g/mol. The van der Waals surface area contributed by atoms with Crippen molar-refractivity contribution in [1.29, 1.82) is 0 Å². The SMILES string of the molecule is C=C1C(C)CCC2C[C@@H](CCCC(C)C(=O)N1CCCCCCC(CCCCCC)N(C(C)=O)C(=O)C1CCCCC3CC(CCC1)C(=O)N(C)C3=O)C(=O)N([C@H]1CCCCCC(C)CCCC1)C2=O. The highest BCUT2D eigenvalue weighted by atomic mass is 16.2. The number of carbonyl (C=O) groups excluding carboxylic acids is 7. The van der Waals surface area contributed by atoms with Crippen LogP contribution in [-0.2, 0) is 33.6 Å². The summed E-state index contributed by atoms with van der Waals surface area (Å²) in [5.74, 6) is -0.635. The zero-order valence-corrected chi connectivity index (χ0v) is 45.2. The lowest BCUT2D eigenvalue weighted by Gasteiger charge is -2.40. The molecule has 2 aliphatic carbocycles. The number of fused-ring (bicyclic) bond motifs is 4. The van der Waals surface area contributed by atoms with Crippen LogP contribution in [0.3, 0.4) is 0 Å². The standard InChI is InChI=1S/C59H98N4O7/c1-8-9-10-15-33-52(62(46(6)64)57(68)47-28-19-20-29-48-40-49(32-24-30-47)56(67)60(7)55(48)66)34-16-11-12-22-39-61-45(5)43(3)37-38-51-41-50(31-23-27-44(4)54(61)65)58(69)63(59(51)70)53-35-17-13-14-25-42(2)26-18-21-36-53/h42-44,47-53H,5,8-41H2,1-4,6-7H3/t42?,43?,44?,47?,48?,49?,50-,51?,52?,53+/m1/s1. The van der Waals surface area contributed by atoms with Gasteiger partial charge in [-0.3, -0.25) is 48.3 Å². The first-order valence-corrected chi connectivity index (χ1v) is 29.2. The van der Waals surface area contributed by atoms with Gasteiger partial charge in [0.1, 0.15) is 0 Å². The van der Waals surface area contributed by atoms with Crippen molar-refractivity contribution in [2.24, 2.45) is 47.3 Å². The Balaban J connectivity index is 1.18. The van der Waals surface area contributed by atoms with Gasteiger partial charge in [-0.05, 0) is 108 Å². The highest BCUT2D eigenvalue weighted by Gasteiger charge is 2.44. The molecule has 3 saturated heterocycles. The fourth-order valence-corrected chi connectivity index (χ4v) is 13.2. The number of nitrogens with zero attached hydrogens (tertiary/aromatic N) is 4. The van der Waals surface area contributed by atoms with Crippen LogP contribution >= 0.6 is 0 Å². The average Bonchev–Trinajstić information content (AvgIpc) is 3.41. The van der Waals surface area contributed by atoms with Gasteiger partial charge in [0.25, 0.3) is 0 Å². The minimum atomic E-state index is -0.278. The quantitative estimate of drug-likeness (QED) is 0.118. The van der Waals surface area contributed by atoms with Gasteiger partial charge in [-0.2, -0.15) is 0 Å². The zero-order chi connectivity index (χ0) is 50.7. The summed E-state index contributed by atoms with van der Waals surface area (Å²) in [6.45, 7) is 15.4. The summed E-state index contributed by atoms with van der Waals surface area (Å²) in [6.07, 6.45) is 29.3. The second-order valence-corrected chi connectivity index (χ2v) is 23.4. The molecule has 11 nitrogen and oxygen atoms in total. The molecule has 2 saturated carbocycles. The molecular formula is C59H98N4O7. The predicted octanol–water partition coefficient (Wildman–Crippen LogP) is 12.7. The maximum absolute atomic E-state index is 14.5. The minimum Gasteiger partial charge on any atom is -0.316 e. The summed E-state index contributed by atoms with van der Waals surface area (Å²) < 4.78 is 0. The normalized spacial score (nSPS) is 30.3. The molecule has 0 aromatic rings. The third kappa shape index (κ3) is 16.3. The molecule has 5 rings (SSSR count). The van der Waals surface area contributed by atoms with Crippen LogP contribution in [0.1, 0.15) is 247 Å². The maximum atomic E-state index is 14.5. The van der Waals surface area contributed by atoms with Crippen LogP contribution in [0.15, 0.2) is 12.3 Å². The van der Waals surface area contributed by atoms with E-state index in [0.29, 0.717) is 57.9 Å². The van der Waals surface area contributed by atoms with Crippen LogP contribution in [0.2, 0.25) is 0 Å². The van der Waals surface area contributed by atoms with Crippen molar-refractivity contribution in [2.75, 3.05) is 13.6 Å². The molecular weight excluding hydrogens is 877 g/mol. The summed E-state index contributed by atoms with van der Waals surface area (Å²) in [5, 5.41) is 0. The van der Waals surface area contributed by atoms with Gasteiger partial charge in [-0.1, -0.05) is 150 Å². The molecule has 3 heterocycles. The van der Waals surface area contributed by atoms with Gasteiger partial charge in [0.05, 0.1) is 0 Å². The lowest BCUT2D eigenvalue weighted by atomic mass is 9.80. The molecule has 0 N–H and O–H groups in total. The number of amides is 7. The van der Waals surface area contributed by atoms with E-state index in [1.54, 1.807) is 16.8 Å². The van der Waals surface area contributed by atoms with Gasteiger partial charge in [-0.25, -0.2) is 0 Å². The van der Waals surface area contributed by atoms with Crippen LogP contribution in [0.5, 0.6) is 0 Å². The van der Waals surface area contributed by atoms with Crippen molar-refractivity contribution in [3.63, 3.8) is 0 Å². The van der Waals surface area contributed by atoms with E-state index in [2.05, 4.69) is 27.4 Å². The van der Waals surface area contributed by atoms with E-state index in [4.69, 9.17) is 0 Å². The molecule has 3 aliphatic heterocycles. The first-order chi connectivity index (χ1) is 33.6. The third-order valence-electron chi connectivity index (χ3n) is 17.8. The fraction of sp³-hybridized carbons (Fsp3) is 0.847. The van der Waals surface area contributed by atoms with Crippen molar-refractivity contribution >= 4 is 41.4 Å². The van der Waals surface area contributed by atoms with Crippen molar-refractivity contribution in [2.45, 2.75) is 259 Å². The number of unbranched alkanes of at least 4 members (excludes halogenated alkanes) is 6. The predicted molar refractivity (Wildman–Crippen MR) is 279 cm³/mol. The molecule has 8 unspecified atom stereocenters. The molecule has 7 amide bonds. The number of imide groups is 3. The summed E-state index contributed by atoms with van der Waals surface area (Å²) in [5.41, 5.74) is 0.830. The number of carbonyl (C=O) groups is 7. The lowest BCUT2D eigenvalue weighted by molar-refractivity contribution is -0.160. The van der Waals surface area contributed by atoms with Crippen LogP contribution in [-0.4, -0.2) is 86.6 Å². The van der Waals surface area contributed by atoms with Crippen LogP contribution in [0.4, 0.5) is 0 Å². The molecule has 396 valence electrons. The van der Waals surface area contributed by atoms with E-state index in [-0.39, 0.29) is 94.9 Å². The Morgan fingerprint density at radius 1 is 0.557 bits per heavy atom. The first kappa shape index (κ1) is 57.5. The number of hydrogen-bond acceptors (Lipinski definition) is 7. The van der Waals surface area contributed by atoms with Crippen molar-refractivity contribution in [3.8, 4) is 0 Å². The lowest BCUT2D eigenvalue weighted by Crippen LogP contribution is -2.54. The Hall–Kier alpha value is -3.37. The molecule has 0 spiro atoms. The second kappa shape index (κ2) is 29.4. The van der Waals surface area contributed by atoms with E-state index in [1.165, 1.54) is 31.1 Å². The molecule has 5 fully saturated rings. The van der Waals surface area contributed by atoms with Crippen molar-refractivity contribution in [3.05, 3.63) is 12.3 Å². The maximum Gasteiger partial charge on any atom is 0.232 e. The van der Waals surface area contributed by atoms with Gasteiger partial charge in [0.2, 0.25) is 41.4 Å². The van der Waals surface area contributed by atoms with Crippen LogP contribution in [0.25, 0.3) is 0 Å². The molecule has 11 heteroatoms. The van der Waals surface area contributed by atoms with E-state index < -0.39 is 0 Å². The van der Waals surface area contributed by atoms with Gasteiger partial charge >= 0.3 is 0 Å². The Morgan fingerprint density at radius 3 is 1.70 bits per heavy atom. The molecule has 5 aliphatic rings. The summed E-state index contributed by atoms with van der Waals surface area (Å²) in [4.78, 5) is 103. The van der Waals surface area contributed by atoms with Crippen molar-refractivity contribution in [1.82, 2.24) is 19.6 Å². The monoisotopic (exact) mass is 975 g/mol. The fourth-order valence-electron chi connectivity index (χ4n) is 13.2. The molecule has 0 aromatic heterocycles. The van der Waals surface area contributed by atoms with Gasteiger partial charge in [0, 0.05) is 73.8 Å². The number of rotatable bonds is 15. The Labute approximate surface area is 424 Å². The number of hydrogen-bond donors (Lipinski definition) is 0. The molecule has 0 radical (unpaired) electrons. The van der Waals surface area contributed by atoms with E-state index in [0.717, 1.165) is 153 Å². The number of likely N-dealkylation sites (tertiary alicyclic amines) is 2. The highest BCUT2D eigenvalue weighted by Crippen LogP contribution is 2.38. The van der Waals surface area contributed by atoms with Crippen LogP contribution in [0, 0.1) is 47.3 Å². The topological polar surface area (TPSA) is 132 Å². The number of allylic oxidation sites excluding steroid dienone is 1. The van der Waals surface area contributed by atoms with Crippen LogP contribution < -0.4 is 0 Å². The molecule has 4 bridgehead atoms.